The Morgan fingerprint density at radius 2 is 2.00 bits per heavy atom. The second-order valence-electron chi connectivity index (χ2n) is 4.92. The minimum Gasteiger partial charge on any atom is -0.378 e. The molecule has 1 aliphatic carbocycles. The molecule has 0 unspecified atom stereocenters. The van der Waals surface area contributed by atoms with E-state index in [4.69, 9.17) is 0 Å². The van der Waals surface area contributed by atoms with Crippen molar-refractivity contribution < 1.29 is 4.79 Å². The van der Waals surface area contributed by atoms with Crippen molar-refractivity contribution in [1.29, 1.82) is 0 Å². The molecule has 0 atom stereocenters. The first kappa shape index (κ1) is 12.0. The lowest BCUT2D eigenvalue weighted by Gasteiger charge is -2.15. The molecule has 0 heterocycles. The summed E-state index contributed by atoms with van der Waals surface area (Å²) in [6.07, 6.45) is 4.46. The molecular weight excluding hydrogens is 212 g/mol. The number of amides is 1. The summed E-state index contributed by atoms with van der Waals surface area (Å²) in [5.74, 6) is 0.399. The summed E-state index contributed by atoms with van der Waals surface area (Å²) < 4.78 is 0. The Morgan fingerprint density at radius 1 is 1.29 bits per heavy atom. The average molecular weight is 232 g/mol. The zero-order valence-electron chi connectivity index (χ0n) is 10.6. The number of carbonyl (C=O) groups is 1. The summed E-state index contributed by atoms with van der Waals surface area (Å²) in [5, 5.41) is 3.01. The van der Waals surface area contributed by atoms with Gasteiger partial charge < -0.3 is 10.2 Å². The molecular formula is C14H20N2O. The van der Waals surface area contributed by atoms with Crippen molar-refractivity contribution >= 4 is 17.3 Å². The molecule has 1 aromatic carbocycles. The van der Waals surface area contributed by atoms with Crippen molar-refractivity contribution in [2.75, 3.05) is 24.3 Å². The molecule has 0 radical (unpaired) electrons. The number of hydrogen-bond donors (Lipinski definition) is 1. The van der Waals surface area contributed by atoms with Gasteiger partial charge in [0.2, 0.25) is 5.91 Å². The number of anilines is 2. The van der Waals surface area contributed by atoms with Crippen molar-refractivity contribution in [1.82, 2.24) is 0 Å². The highest BCUT2D eigenvalue weighted by molar-refractivity contribution is 5.93. The van der Waals surface area contributed by atoms with Gasteiger partial charge in [-0.15, -0.1) is 0 Å². The van der Waals surface area contributed by atoms with Gasteiger partial charge in [0.25, 0.3) is 0 Å². The van der Waals surface area contributed by atoms with E-state index in [1.807, 2.05) is 43.3 Å². The Balaban J connectivity index is 2.02. The summed E-state index contributed by atoms with van der Waals surface area (Å²) >= 11 is 0. The van der Waals surface area contributed by atoms with Crippen LogP contribution >= 0.6 is 0 Å². The highest BCUT2D eigenvalue weighted by Gasteiger charge is 2.22. The topological polar surface area (TPSA) is 32.3 Å². The van der Waals surface area contributed by atoms with Crippen LogP contribution in [0, 0.1) is 5.92 Å². The third kappa shape index (κ3) is 2.99. The highest BCUT2D eigenvalue weighted by Crippen LogP contribution is 2.26. The van der Waals surface area contributed by atoms with Gasteiger partial charge >= 0.3 is 0 Å². The fourth-order valence-corrected chi connectivity index (χ4v) is 2.29. The van der Waals surface area contributed by atoms with Crippen molar-refractivity contribution in [2.45, 2.75) is 25.7 Å². The minimum atomic E-state index is 0.179. The fourth-order valence-electron chi connectivity index (χ4n) is 2.29. The average Bonchev–Trinajstić information content (AvgIpc) is 2.82. The zero-order chi connectivity index (χ0) is 12.3. The first-order chi connectivity index (χ1) is 8.16. The molecule has 0 aromatic heterocycles. The molecule has 17 heavy (non-hydrogen) atoms. The van der Waals surface area contributed by atoms with E-state index < -0.39 is 0 Å². The van der Waals surface area contributed by atoms with E-state index in [1.54, 1.807) is 0 Å². The number of hydrogen-bond acceptors (Lipinski definition) is 2. The van der Waals surface area contributed by atoms with E-state index in [1.165, 1.54) is 12.8 Å². The van der Waals surface area contributed by atoms with Gasteiger partial charge in [0.15, 0.2) is 0 Å². The van der Waals surface area contributed by atoms with Crippen molar-refractivity contribution in [3.05, 3.63) is 24.3 Å². The lowest BCUT2D eigenvalue weighted by Crippen LogP contribution is -2.20. The maximum Gasteiger partial charge on any atom is 0.227 e. The summed E-state index contributed by atoms with van der Waals surface area (Å²) in [4.78, 5) is 14.0. The molecule has 0 bridgehead atoms. The Bertz CT molecular complexity index is 395. The summed E-state index contributed by atoms with van der Waals surface area (Å²) in [6, 6.07) is 7.96. The first-order valence-corrected chi connectivity index (χ1v) is 6.25. The van der Waals surface area contributed by atoms with Crippen LogP contribution in [0.4, 0.5) is 11.4 Å². The number of nitrogens with zero attached hydrogens (tertiary/aromatic N) is 1. The highest BCUT2D eigenvalue weighted by atomic mass is 16.1. The minimum absolute atomic E-state index is 0.179. The van der Waals surface area contributed by atoms with Crippen LogP contribution in [0.5, 0.6) is 0 Å². The van der Waals surface area contributed by atoms with Gasteiger partial charge in [0.05, 0.1) is 0 Å². The van der Waals surface area contributed by atoms with Crippen molar-refractivity contribution in [3.8, 4) is 0 Å². The second kappa shape index (κ2) is 5.21. The van der Waals surface area contributed by atoms with Gasteiger partial charge in [-0.05, 0) is 31.0 Å². The Morgan fingerprint density at radius 3 is 2.65 bits per heavy atom. The standard InChI is InChI=1S/C14H20N2O/c1-16(2)13-9-5-8-12(10-13)15-14(17)11-6-3-4-7-11/h5,8-11H,3-4,6-7H2,1-2H3,(H,15,17). The smallest absolute Gasteiger partial charge is 0.227 e. The molecule has 0 aliphatic heterocycles. The molecule has 3 heteroatoms. The van der Waals surface area contributed by atoms with Crippen LogP contribution in [0.1, 0.15) is 25.7 Å². The summed E-state index contributed by atoms with van der Waals surface area (Å²) in [7, 11) is 4.00. The van der Waals surface area contributed by atoms with E-state index in [-0.39, 0.29) is 11.8 Å². The normalized spacial score (nSPS) is 15.9. The lowest BCUT2D eigenvalue weighted by atomic mass is 10.1. The lowest BCUT2D eigenvalue weighted by molar-refractivity contribution is -0.119. The predicted molar refractivity (Wildman–Crippen MR) is 71.4 cm³/mol. The molecule has 1 amide bonds. The first-order valence-electron chi connectivity index (χ1n) is 6.25. The van der Waals surface area contributed by atoms with E-state index in [9.17, 15) is 4.79 Å². The third-order valence-electron chi connectivity index (χ3n) is 3.36. The molecule has 1 aromatic rings. The Hall–Kier alpha value is -1.51. The van der Waals surface area contributed by atoms with Crippen LogP contribution in [-0.2, 0) is 4.79 Å². The maximum absolute atomic E-state index is 12.0. The van der Waals surface area contributed by atoms with Crippen LogP contribution in [0.2, 0.25) is 0 Å². The van der Waals surface area contributed by atoms with Gasteiger partial charge in [-0.1, -0.05) is 18.9 Å². The number of carbonyl (C=O) groups excluding carboxylic acids is 1. The van der Waals surface area contributed by atoms with Crippen LogP contribution in [0.3, 0.4) is 0 Å². The zero-order valence-corrected chi connectivity index (χ0v) is 10.6. The van der Waals surface area contributed by atoms with Gasteiger partial charge in [0.1, 0.15) is 0 Å². The SMILES string of the molecule is CN(C)c1cccc(NC(=O)C2CCCC2)c1. The van der Waals surface area contributed by atoms with Gasteiger partial charge in [-0.25, -0.2) is 0 Å². The quantitative estimate of drug-likeness (QED) is 0.869. The summed E-state index contributed by atoms with van der Waals surface area (Å²) in [5.41, 5.74) is 2.00. The van der Waals surface area contributed by atoms with E-state index >= 15 is 0 Å². The summed E-state index contributed by atoms with van der Waals surface area (Å²) in [6.45, 7) is 0. The number of nitrogens with one attached hydrogen (secondary N) is 1. The van der Waals surface area contributed by atoms with Gasteiger partial charge in [0, 0.05) is 31.4 Å². The monoisotopic (exact) mass is 232 g/mol. The van der Waals surface area contributed by atoms with Crippen molar-refractivity contribution in [3.63, 3.8) is 0 Å². The fraction of sp³-hybridized carbons (Fsp3) is 0.500. The van der Waals surface area contributed by atoms with E-state index in [0.29, 0.717) is 0 Å². The molecule has 0 saturated heterocycles. The van der Waals surface area contributed by atoms with Crippen LogP contribution in [-0.4, -0.2) is 20.0 Å². The molecule has 1 aliphatic rings. The largest absolute Gasteiger partial charge is 0.378 e. The molecule has 1 fully saturated rings. The number of benzene rings is 1. The molecule has 92 valence electrons. The Labute approximate surface area is 103 Å². The van der Waals surface area contributed by atoms with Gasteiger partial charge in [-0.2, -0.15) is 0 Å². The molecule has 3 nitrogen and oxygen atoms in total. The van der Waals surface area contributed by atoms with E-state index in [0.717, 1.165) is 24.2 Å². The maximum atomic E-state index is 12.0. The second-order valence-corrected chi connectivity index (χ2v) is 4.92. The van der Waals surface area contributed by atoms with Crippen molar-refractivity contribution in [2.24, 2.45) is 5.92 Å². The molecule has 2 rings (SSSR count). The van der Waals surface area contributed by atoms with Crippen LogP contribution < -0.4 is 10.2 Å². The Kier molecular flexibility index (Phi) is 3.67. The van der Waals surface area contributed by atoms with Crippen LogP contribution in [0.25, 0.3) is 0 Å². The van der Waals surface area contributed by atoms with Crippen LogP contribution in [0.15, 0.2) is 24.3 Å². The molecule has 1 saturated carbocycles. The van der Waals surface area contributed by atoms with Gasteiger partial charge in [-0.3, -0.25) is 4.79 Å². The third-order valence-corrected chi connectivity index (χ3v) is 3.36. The predicted octanol–water partition coefficient (Wildman–Crippen LogP) is 2.88. The molecule has 1 N–H and O–H groups in total. The number of rotatable bonds is 3. The van der Waals surface area contributed by atoms with E-state index in [2.05, 4.69) is 5.32 Å². The molecule has 0 spiro atoms.